The van der Waals surface area contributed by atoms with E-state index in [1.165, 1.54) is 25.0 Å². The van der Waals surface area contributed by atoms with Crippen LogP contribution >= 0.6 is 0 Å². The normalized spacial score (nSPS) is 17.9. The zero-order valence-corrected chi connectivity index (χ0v) is 12.2. The quantitative estimate of drug-likeness (QED) is 0.885. The first kappa shape index (κ1) is 14.3. The number of hydrogen-bond donors (Lipinski definition) is 1. The van der Waals surface area contributed by atoms with Crippen molar-refractivity contribution in [1.82, 2.24) is 4.90 Å². The second kappa shape index (κ2) is 6.00. The number of hydrogen-bond acceptors (Lipinski definition) is 3. The maximum Gasteiger partial charge on any atom is 0.123 e. The van der Waals surface area contributed by atoms with Gasteiger partial charge in [-0.3, -0.25) is 4.90 Å². The lowest BCUT2D eigenvalue weighted by Gasteiger charge is -2.34. The molecule has 4 heteroatoms. The molecule has 0 radical (unpaired) electrons. The van der Waals surface area contributed by atoms with Crippen molar-refractivity contribution in [3.05, 3.63) is 59.8 Å². The van der Waals surface area contributed by atoms with Gasteiger partial charge in [0.2, 0.25) is 0 Å². The van der Waals surface area contributed by atoms with Crippen LogP contribution in [-0.4, -0.2) is 17.0 Å². The standard InChI is InChI=1S/C17H21FN2O/c1-12(19)17(13-4-6-14(18)7-5-13)20(15-8-9-15)11-16-3-2-10-21-16/h2-7,10,12,15,17H,8-9,11,19H2,1H3. The summed E-state index contributed by atoms with van der Waals surface area (Å²) >= 11 is 0. The molecule has 1 aromatic heterocycles. The molecule has 2 atom stereocenters. The number of benzene rings is 1. The second-order valence-electron chi connectivity index (χ2n) is 5.84. The maximum atomic E-state index is 13.2. The van der Waals surface area contributed by atoms with Gasteiger partial charge in [0.05, 0.1) is 18.8 Å². The second-order valence-corrected chi connectivity index (χ2v) is 5.84. The minimum atomic E-state index is -0.216. The lowest BCUT2D eigenvalue weighted by Crippen LogP contribution is -2.40. The number of nitrogens with two attached hydrogens (primary N) is 1. The molecule has 0 spiro atoms. The third-order valence-electron chi connectivity index (χ3n) is 4.00. The fourth-order valence-corrected chi connectivity index (χ4v) is 2.90. The first-order valence-corrected chi connectivity index (χ1v) is 7.44. The van der Waals surface area contributed by atoms with E-state index in [-0.39, 0.29) is 17.9 Å². The summed E-state index contributed by atoms with van der Waals surface area (Å²) in [6.07, 6.45) is 4.06. The van der Waals surface area contributed by atoms with Gasteiger partial charge in [-0.25, -0.2) is 4.39 Å². The maximum absolute atomic E-state index is 13.2. The number of nitrogens with zero attached hydrogens (tertiary/aromatic N) is 1. The number of rotatable bonds is 6. The van der Waals surface area contributed by atoms with E-state index in [0.717, 1.165) is 17.9 Å². The van der Waals surface area contributed by atoms with Crippen molar-refractivity contribution in [1.29, 1.82) is 0 Å². The van der Waals surface area contributed by atoms with Crippen LogP contribution in [0.1, 0.15) is 37.1 Å². The van der Waals surface area contributed by atoms with Crippen molar-refractivity contribution in [3.63, 3.8) is 0 Å². The zero-order valence-electron chi connectivity index (χ0n) is 12.2. The van der Waals surface area contributed by atoms with Crippen LogP contribution in [0.25, 0.3) is 0 Å². The summed E-state index contributed by atoms with van der Waals surface area (Å²) in [6.45, 7) is 2.74. The van der Waals surface area contributed by atoms with Crippen LogP contribution in [0.2, 0.25) is 0 Å². The summed E-state index contributed by atoms with van der Waals surface area (Å²) < 4.78 is 18.7. The van der Waals surface area contributed by atoms with Gasteiger partial charge in [-0.2, -0.15) is 0 Å². The highest BCUT2D eigenvalue weighted by Gasteiger charge is 2.36. The number of halogens is 1. The molecule has 1 aromatic carbocycles. The van der Waals surface area contributed by atoms with Gasteiger partial charge < -0.3 is 10.2 Å². The average molecular weight is 288 g/mol. The molecule has 2 N–H and O–H groups in total. The van der Waals surface area contributed by atoms with Crippen molar-refractivity contribution in [3.8, 4) is 0 Å². The van der Waals surface area contributed by atoms with Crippen LogP contribution < -0.4 is 5.73 Å². The molecule has 0 bridgehead atoms. The lowest BCUT2D eigenvalue weighted by molar-refractivity contribution is 0.145. The Morgan fingerprint density at radius 3 is 2.52 bits per heavy atom. The van der Waals surface area contributed by atoms with E-state index in [4.69, 9.17) is 10.2 Å². The predicted molar refractivity (Wildman–Crippen MR) is 80.1 cm³/mol. The van der Waals surface area contributed by atoms with Gasteiger partial charge in [0.15, 0.2) is 0 Å². The largest absolute Gasteiger partial charge is 0.468 e. The molecule has 1 aliphatic carbocycles. The Labute approximate surface area is 124 Å². The average Bonchev–Trinajstić information content (AvgIpc) is 3.18. The molecule has 0 saturated heterocycles. The lowest BCUT2D eigenvalue weighted by atomic mass is 9.98. The number of furan rings is 1. The van der Waals surface area contributed by atoms with Gasteiger partial charge in [-0.05, 0) is 49.6 Å². The molecule has 3 rings (SSSR count). The molecule has 2 aromatic rings. The van der Waals surface area contributed by atoms with Crippen molar-refractivity contribution in [2.45, 2.75) is 44.4 Å². The van der Waals surface area contributed by atoms with Crippen LogP contribution in [0.5, 0.6) is 0 Å². The highest BCUT2D eigenvalue weighted by atomic mass is 19.1. The fraction of sp³-hybridized carbons (Fsp3) is 0.412. The molecule has 0 aliphatic heterocycles. The molecular weight excluding hydrogens is 267 g/mol. The van der Waals surface area contributed by atoms with Crippen molar-refractivity contribution >= 4 is 0 Å². The summed E-state index contributed by atoms with van der Waals surface area (Å²) in [5.74, 6) is 0.723. The molecule has 0 amide bonds. The monoisotopic (exact) mass is 288 g/mol. The summed E-state index contributed by atoms with van der Waals surface area (Å²) in [5.41, 5.74) is 7.30. The Hall–Kier alpha value is -1.65. The van der Waals surface area contributed by atoms with Crippen LogP contribution in [-0.2, 0) is 6.54 Å². The van der Waals surface area contributed by atoms with Crippen LogP contribution in [0.3, 0.4) is 0 Å². The Kier molecular flexibility index (Phi) is 4.08. The van der Waals surface area contributed by atoms with Crippen LogP contribution in [0.15, 0.2) is 47.1 Å². The summed E-state index contributed by atoms with van der Waals surface area (Å²) in [4.78, 5) is 2.39. The molecule has 1 saturated carbocycles. The summed E-state index contributed by atoms with van der Waals surface area (Å²) in [7, 11) is 0. The van der Waals surface area contributed by atoms with E-state index >= 15 is 0 Å². The molecule has 3 nitrogen and oxygen atoms in total. The highest BCUT2D eigenvalue weighted by molar-refractivity contribution is 5.22. The zero-order chi connectivity index (χ0) is 14.8. The summed E-state index contributed by atoms with van der Waals surface area (Å²) in [6, 6.07) is 11.1. The SMILES string of the molecule is CC(N)C(c1ccc(F)cc1)N(Cc1ccco1)C1CC1. The third-order valence-corrected chi connectivity index (χ3v) is 4.00. The molecule has 2 unspecified atom stereocenters. The first-order chi connectivity index (χ1) is 10.1. The molecule has 112 valence electrons. The van der Waals surface area contributed by atoms with E-state index in [1.54, 1.807) is 6.26 Å². The molecule has 1 heterocycles. The highest BCUT2D eigenvalue weighted by Crippen LogP contribution is 2.37. The Morgan fingerprint density at radius 1 is 1.29 bits per heavy atom. The van der Waals surface area contributed by atoms with Gasteiger partial charge in [0.1, 0.15) is 11.6 Å². The minimum absolute atomic E-state index is 0.0361. The van der Waals surface area contributed by atoms with Gasteiger partial charge in [0.25, 0.3) is 0 Å². The van der Waals surface area contributed by atoms with Crippen molar-refractivity contribution in [2.24, 2.45) is 5.73 Å². The van der Waals surface area contributed by atoms with Gasteiger partial charge >= 0.3 is 0 Å². The third kappa shape index (κ3) is 3.34. The van der Waals surface area contributed by atoms with Gasteiger partial charge in [-0.15, -0.1) is 0 Å². The Balaban J connectivity index is 1.87. The van der Waals surface area contributed by atoms with Crippen LogP contribution in [0, 0.1) is 5.82 Å². The molecule has 1 fully saturated rings. The van der Waals surface area contributed by atoms with Gasteiger partial charge in [0, 0.05) is 12.1 Å². The minimum Gasteiger partial charge on any atom is -0.468 e. The molecule has 1 aliphatic rings. The fourth-order valence-electron chi connectivity index (χ4n) is 2.90. The topological polar surface area (TPSA) is 42.4 Å². The smallest absolute Gasteiger partial charge is 0.123 e. The first-order valence-electron chi connectivity index (χ1n) is 7.44. The van der Waals surface area contributed by atoms with E-state index in [2.05, 4.69) is 4.90 Å². The van der Waals surface area contributed by atoms with E-state index in [1.807, 2.05) is 31.2 Å². The van der Waals surface area contributed by atoms with Gasteiger partial charge in [-0.1, -0.05) is 12.1 Å². The molecule has 21 heavy (non-hydrogen) atoms. The van der Waals surface area contributed by atoms with Crippen molar-refractivity contribution < 1.29 is 8.81 Å². The van der Waals surface area contributed by atoms with Crippen LogP contribution in [0.4, 0.5) is 4.39 Å². The van der Waals surface area contributed by atoms with E-state index < -0.39 is 0 Å². The predicted octanol–water partition coefficient (Wildman–Crippen LogP) is 3.47. The van der Waals surface area contributed by atoms with Crippen molar-refractivity contribution in [2.75, 3.05) is 0 Å². The Bertz CT molecular complexity index is 561. The Morgan fingerprint density at radius 2 is 2.00 bits per heavy atom. The van der Waals surface area contributed by atoms with E-state index in [9.17, 15) is 4.39 Å². The van der Waals surface area contributed by atoms with E-state index in [0.29, 0.717) is 6.04 Å². The summed E-state index contributed by atoms with van der Waals surface area (Å²) in [5, 5.41) is 0. The molecular formula is C17H21FN2O.